The normalized spacial score (nSPS) is 13.0. The van der Waals surface area contributed by atoms with Crippen molar-refractivity contribution in [3.8, 4) is 34.4 Å². The van der Waals surface area contributed by atoms with Crippen molar-refractivity contribution in [3.63, 3.8) is 0 Å². The minimum absolute atomic E-state index is 0.131. The number of pyridine rings is 1. The highest BCUT2D eigenvalue weighted by Gasteiger charge is 2.15. The molecule has 0 saturated carbocycles. The Labute approximate surface area is 264 Å². The highest BCUT2D eigenvalue weighted by molar-refractivity contribution is 6.32. The van der Waals surface area contributed by atoms with Gasteiger partial charge in [-0.15, -0.1) is 0 Å². The van der Waals surface area contributed by atoms with E-state index in [1.165, 1.54) is 38.2 Å². The molecule has 0 N–H and O–H groups in total. The average molecular weight is 610 g/mol. The fourth-order valence-electron chi connectivity index (χ4n) is 5.49. The van der Waals surface area contributed by atoms with E-state index < -0.39 is 0 Å². The standard InChI is InChI=1S/C36H36ClN3O4/c1-25-29(8-5-9-31(25)32-10-6-11-34(26(32)2)42-15-7-14-40-12-3-4-13-40)24-44-36-18-35(30(22-41)17-33(36)37)43-23-28-16-27(19-38)20-39-21-28/h5-6,8-11,16-18,20-22H,3-4,7,12-15,23-24H2,1-2H3. The lowest BCUT2D eigenvalue weighted by Crippen LogP contribution is -2.22. The van der Waals surface area contributed by atoms with Gasteiger partial charge in [-0.2, -0.15) is 5.26 Å². The second kappa shape index (κ2) is 14.9. The van der Waals surface area contributed by atoms with Gasteiger partial charge in [-0.25, -0.2) is 0 Å². The third-order valence-corrected chi connectivity index (χ3v) is 8.28. The second-order valence-corrected chi connectivity index (χ2v) is 11.4. The Morgan fingerprint density at radius 2 is 1.66 bits per heavy atom. The summed E-state index contributed by atoms with van der Waals surface area (Å²) in [6.07, 6.45) is 7.41. The Balaban J connectivity index is 1.28. The number of halogens is 1. The van der Waals surface area contributed by atoms with Gasteiger partial charge in [-0.05, 0) is 92.2 Å². The first-order chi connectivity index (χ1) is 21.5. The van der Waals surface area contributed by atoms with Crippen molar-refractivity contribution in [2.75, 3.05) is 26.2 Å². The number of ether oxygens (including phenoxy) is 3. The number of hydrogen-bond acceptors (Lipinski definition) is 7. The predicted octanol–water partition coefficient (Wildman–Crippen LogP) is 7.73. The summed E-state index contributed by atoms with van der Waals surface area (Å²) in [5, 5.41) is 9.44. The molecule has 1 fully saturated rings. The molecule has 5 rings (SSSR count). The molecular weight excluding hydrogens is 574 g/mol. The summed E-state index contributed by atoms with van der Waals surface area (Å²) in [6, 6.07) is 19.3. The largest absolute Gasteiger partial charge is 0.493 e. The highest BCUT2D eigenvalue weighted by Crippen LogP contribution is 2.36. The number of rotatable bonds is 13. The molecule has 7 nitrogen and oxygen atoms in total. The summed E-state index contributed by atoms with van der Waals surface area (Å²) in [6.45, 7) is 8.80. The highest BCUT2D eigenvalue weighted by atomic mass is 35.5. The smallest absolute Gasteiger partial charge is 0.153 e. The van der Waals surface area contributed by atoms with Crippen LogP contribution in [0.1, 0.15) is 57.4 Å². The monoisotopic (exact) mass is 609 g/mol. The average Bonchev–Trinajstić information content (AvgIpc) is 3.57. The fourth-order valence-corrected chi connectivity index (χ4v) is 5.72. The molecule has 226 valence electrons. The van der Waals surface area contributed by atoms with E-state index in [1.807, 2.05) is 24.3 Å². The molecule has 4 aromatic rings. The number of hydrogen-bond donors (Lipinski definition) is 0. The minimum Gasteiger partial charge on any atom is -0.493 e. The lowest BCUT2D eigenvalue weighted by atomic mass is 9.93. The van der Waals surface area contributed by atoms with E-state index in [2.05, 4.69) is 41.9 Å². The van der Waals surface area contributed by atoms with Crippen LogP contribution >= 0.6 is 11.6 Å². The number of nitrogens with zero attached hydrogens (tertiary/aromatic N) is 3. The Kier molecular flexibility index (Phi) is 10.5. The van der Waals surface area contributed by atoms with E-state index in [0.29, 0.717) is 46.1 Å². The Morgan fingerprint density at radius 1 is 0.909 bits per heavy atom. The van der Waals surface area contributed by atoms with E-state index in [1.54, 1.807) is 18.3 Å². The SMILES string of the molecule is Cc1c(COc2cc(OCc3cncc(C#N)c3)c(C=O)cc2Cl)cccc1-c1cccc(OCCCN2CCCC2)c1C. The molecule has 1 saturated heterocycles. The number of aldehydes is 1. The van der Waals surface area contributed by atoms with Crippen molar-refractivity contribution >= 4 is 17.9 Å². The van der Waals surface area contributed by atoms with Crippen LogP contribution in [0.3, 0.4) is 0 Å². The summed E-state index contributed by atoms with van der Waals surface area (Å²) in [5.74, 6) is 1.65. The van der Waals surface area contributed by atoms with Crippen LogP contribution < -0.4 is 14.2 Å². The van der Waals surface area contributed by atoms with E-state index in [-0.39, 0.29) is 13.2 Å². The summed E-state index contributed by atoms with van der Waals surface area (Å²) < 4.78 is 18.3. The fraction of sp³-hybridized carbons (Fsp3) is 0.306. The molecule has 1 aliphatic rings. The molecule has 0 bridgehead atoms. The van der Waals surface area contributed by atoms with Gasteiger partial charge in [0.1, 0.15) is 36.5 Å². The molecule has 0 atom stereocenters. The van der Waals surface area contributed by atoms with E-state index in [9.17, 15) is 4.79 Å². The first-order valence-corrected chi connectivity index (χ1v) is 15.3. The van der Waals surface area contributed by atoms with Crippen LogP contribution in [0.2, 0.25) is 5.02 Å². The molecule has 0 unspecified atom stereocenters. The van der Waals surface area contributed by atoms with Crippen LogP contribution in [0, 0.1) is 25.2 Å². The lowest BCUT2D eigenvalue weighted by Gasteiger charge is -2.18. The van der Waals surface area contributed by atoms with Crippen LogP contribution in [0.25, 0.3) is 11.1 Å². The zero-order chi connectivity index (χ0) is 30.9. The van der Waals surface area contributed by atoms with Crippen molar-refractivity contribution in [2.24, 2.45) is 0 Å². The van der Waals surface area contributed by atoms with Crippen molar-refractivity contribution in [3.05, 3.63) is 105 Å². The van der Waals surface area contributed by atoms with Crippen LogP contribution in [-0.4, -0.2) is 42.4 Å². The van der Waals surface area contributed by atoms with Crippen LogP contribution in [0.15, 0.2) is 67.0 Å². The molecule has 3 aromatic carbocycles. The van der Waals surface area contributed by atoms with E-state index in [0.717, 1.165) is 46.5 Å². The second-order valence-electron chi connectivity index (χ2n) is 11.0. The van der Waals surface area contributed by atoms with E-state index >= 15 is 0 Å². The van der Waals surface area contributed by atoms with Crippen molar-refractivity contribution in [1.82, 2.24) is 9.88 Å². The summed E-state index contributed by atoms with van der Waals surface area (Å²) >= 11 is 6.50. The Bertz CT molecular complexity index is 1660. The van der Waals surface area contributed by atoms with Crippen molar-refractivity contribution < 1.29 is 19.0 Å². The first-order valence-electron chi connectivity index (χ1n) is 14.9. The van der Waals surface area contributed by atoms with Crippen LogP contribution in [0.5, 0.6) is 17.2 Å². The molecule has 1 aromatic heterocycles. The van der Waals surface area contributed by atoms with Gasteiger partial charge < -0.3 is 19.1 Å². The maximum absolute atomic E-state index is 11.7. The molecular formula is C36H36ClN3O4. The molecule has 2 heterocycles. The van der Waals surface area contributed by atoms with Gasteiger partial charge in [0.05, 0.1) is 22.8 Å². The van der Waals surface area contributed by atoms with Crippen molar-refractivity contribution in [1.29, 1.82) is 5.26 Å². The zero-order valence-electron chi connectivity index (χ0n) is 25.1. The number of carbonyl (C=O) groups excluding carboxylic acids is 1. The van der Waals surface area contributed by atoms with Gasteiger partial charge in [0, 0.05) is 30.6 Å². The predicted molar refractivity (Wildman–Crippen MR) is 172 cm³/mol. The number of likely N-dealkylation sites (tertiary alicyclic amines) is 1. The Morgan fingerprint density at radius 3 is 2.43 bits per heavy atom. The summed E-state index contributed by atoms with van der Waals surface area (Å²) in [5.41, 5.74) is 6.91. The van der Waals surface area contributed by atoms with Crippen LogP contribution in [0.4, 0.5) is 0 Å². The number of aromatic nitrogens is 1. The molecule has 0 amide bonds. The molecule has 0 aliphatic carbocycles. The summed E-state index contributed by atoms with van der Waals surface area (Å²) in [4.78, 5) is 18.3. The molecule has 8 heteroatoms. The van der Waals surface area contributed by atoms with Crippen molar-refractivity contribution in [2.45, 2.75) is 46.3 Å². The van der Waals surface area contributed by atoms with Gasteiger partial charge in [0.15, 0.2) is 6.29 Å². The van der Waals surface area contributed by atoms with Gasteiger partial charge >= 0.3 is 0 Å². The quantitative estimate of drug-likeness (QED) is 0.113. The third-order valence-electron chi connectivity index (χ3n) is 7.99. The number of nitriles is 1. The van der Waals surface area contributed by atoms with Gasteiger partial charge in [-0.3, -0.25) is 9.78 Å². The molecule has 0 spiro atoms. The third kappa shape index (κ3) is 7.57. The maximum atomic E-state index is 11.7. The minimum atomic E-state index is 0.131. The molecule has 44 heavy (non-hydrogen) atoms. The van der Waals surface area contributed by atoms with Gasteiger partial charge in [-0.1, -0.05) is 41.9 Å². The van der Waals surface area contributed by atoms with Gasteiger partial charge in [0.25, 0.3) is 0 Å². The Hall–Kier alpha value is -4.38. The number of benzene rings is 3. The van der Waals surface area contributed by atoms with E-state index in [4.69, 9.17) is 31.1 Å². The maximum Gasteiger partial charge on any atom is 0.153 e. The summed E-state index contributed by atoms with van der Waals surface area (Å²) in [7, 11) is 0. The first kappa shape index (κ1) is 31.1. The van der Waals surface area contributed by atoms with Crippen LogP contribution in [-0.2, 0) is 13.2 Å². The zero-order valence-corrected chi connectivity index (χ0v) is 25.9. The lowest BCUT2D eigenvalue weighted by molar-refractivity contribution is 0.111. The topological polar surface area (TPSA) is 84.7 Å². The molecule has 1 aliphatic heterocycles. The molecule has 0 radical (unpaired) electrons. The number of carbonyl (C=O) groups is 1. The van der Waals surface area contributed by atoms with Gasteiger partial charge in [0.2, 0.25) is 0 Å².